The fourth-order valence-corrected chi connectivity index (χ4v) is 7.64. The Bertz CT molecular complexity index is 2160. The Kier molecular flexibility index (Phi) is 6.83. The molecule has 0 spiro atoms. The summed E-state index contributed by atoms with van der Waals surface area (Å²) in [5.74, 6) is -0.127. The zero-order chi connectivity index (χ0) is 29.6. The van der Waals surface area contributed by atoms with Gasteiger partial charge in [-0.05, 0) is 62.7 Å². The van der Waals surface area contributed by atoms with E-state index in [2.05, 4.69) is 4.72 Å². The molecule has 6 rings (SSSR count). The largest absolute Gasteiger partial charge is 0.302 e. The molecule has 0 amide bonds. The van der Waals surface area contributed by atoms with Crippen molar-refractivity contribution < 1.29 is 16.8 Å². The zero-order valence-corrected chi connectivity index (χ0v) is 24.8. The number of nitrogens with one attached hydrogen (secondary N) is 1. The molecule has 0 saturated heterocycles. The van der Waals surface area contributed by atoms with E-state index in [0.717, 1.165) is 16.7 Å². The van der Waals surface area contributed by atoms with Gasteiger partial charge >= 0.3 is 0 Å². The Balaban J connectivity index is 1.73. The summed E-state index contributed by atoms with van der Waals surface area (Å²) in [6.07, 6.45) is 0. The third-order valence-corrected chi connectivity index (χ3v) is 10.5. The highest BCUT2D eigenvalue weighted by Gasteiger charge is 2.35. The Morgan fingerprint density at radius 3 is 1.79 bits per heavy atom. The second kappa shape index (κ2) is 10.4. The van der Waals surface area contributed by atoms with Crippen LogP contribution in [0, 0.1) is 13.8 Å². The van der Waals surface area contributed by atoms with Gasteiger partial charge in [0, 0.05) is 0 Å². The van der Waals surface area contributed by atoms with Crippen molar-refractivity contribution in [1.82, 2.24) is 14.5 Å². The van der Waals surface area contributed by atoms with Gasteiger partial charge < -0.3 is 4.57 Å². The van der Waals surface area contributed by atoms with Crippen LogP contribution in [-0.4, -0.2) is 31.4 Å². The monoisotopic (exact) mass is 596 g/mol. The molecule has 6 aromatic rings. The molecular weight excluding hydrogens is 569 g/mol. The van der Waals surface area contributed by atoms with Crippen molar-refractivity contribution in [3.8, 4) is 0 Å². The van der Waals surface area contributed by atoms with E-state index < -0.39 is 25.9 Å². The third kappa shape index (κ3) is 4.82. The topological polar surface area (TPSA) is 111 Å². The molecule has 0 aliphatic rings. The Hall–Kier alpha value is -4.54. The number of hydrogen-bond donors (Lipinski definition) is 1. The van der Waals surface area contributed by atoms with E-state index in [1.807, 2.05) is 57.2 Å². The van der Waals surface area contributed by atoms with E-state index in [-0.39, 0.29) is 31.7 Å². The van der Waals surface area contributed by atoms with Gasteiger partial charge in [-0.3, -0.25) is 4.72 Å². The summed E-state index contributed by atoms with van der Waals surface area (Å²) < 4.78 is 60.8. The van der Waals surface area contributed by atoms with Crippen molar-refractivity contribution >= 4 is 47.9 Å². The number of sulfone groups is 1. The minimum Gasteiger partial charge on any atom is -0.302 e. The van der Waals surface area contributed by atoms with Crippen LogP contribution >= 0.6 is 0 Å². The molecule has 1 atom stereocenters. The lowest BCUT2D eigenvalue weighted by Gasteiger charge is -2.20. The predicted octanol–water partition coefficient (Wildman–Crippen LogP) is 6.44. The van der Waals surface area contributed by atoms with Crippen LogP contribution in [0.2, 0.25) is 0 Å². The van der Waals surface area contributed by atoms with Crippen molar-refractivity contribution in [1.29, 1.82) is 0 Å². The maximum atomic E-state index is 14.4. The summed E-state index contributed by atoms with van der Waals surface area (Å²) in [5.41, 5.74) is 3.98. The van der Waals surface area contributed by atoms with E-state index in [4.69, 9.17) is 9.97 Å². The van der Waals surface area contributed by atoms with E-state index in [9.17, 15) is 16.8 Å². The van der Waals surface area contributed by atoms with Crippen molar-refractivity contribution in [2.24, 2.45) is 0 Å². The second-order valence-electron chi connectivity index (χ2n) is 10.3. The number of hydrogen-bond acceptors (Lipinski definition) is 6. The first-order valence-electron chi connectivity index (χ1n) is 13.3. The average Bonchev–Trinajstić information content (AvgIpc) is 3.28. The van der Waals surface area contributed by atoms with Gasteiger partial charge in [-0.25, -0.2) is 26.8 Å². The molecule has 0 bridgehead atoms. The fraction of sp³-hybridized carbons (Fsp3) is 0.125. The van der Waals surface area contributed by atoms with E-state index in [1.54, 1.807) is 47.0 Å². The molecule has 1 N–H and O–H groups in total. The van der Waals surface area contributed by atoms with Gasteiger partial charge in [0.1, 0.15) is 16.2 Å². The Morgan fingerprint density at radius 1 is 0.667 bits per heavy atom. The number of fused-ring (bicyclic) bond motifs is 2. The van der Waals surface area contributed by atoms with E-state index >= 15 is 0 Å². The van der Waals surface area contributed by atoms with Gasteiger partial charge in [0.15, 0.2) is 5.65 Å². The van der Waals surface area contributed by atoms with Crippen LogP contribution in [0.3, 0.4) is 0 Å². The van der Waals surface area contributed by atoms with Gasteiger partial charge in [0.25, 0.3) is 10.0 Å². The van der Waals surface area contributed by atoms with Crippen LogP contribution in [0.25, 0.3) is 22.2 Å². The predicted molar refractivity (Wildman–Crippen MR) is 164 cm³/mol. The van der Waals surface area contributed by atoms with Crippen LogP contribution < -0.4 is 4.72 Å². The summed E-state index contributed by atoms with van der Waals surface area (Å²) in [4.78, 5) is 9.37. The molecule has 8 nitrogen and oxygen atoms in total. The second-order valence-corrected chi connectivity index (χ2v) is 13.8. The standard InChI is InChI=1S/C32H28N4O4S2/c1-21-13-17-25(18-14-21)41(37,38)30-29-31(34-28-12-8-7-11-27(28)33-29)36(23(3)24-9-5-4-6-10-24)32(30)35-42(39,40)26-19-15-22(2)16-20-26/h4-20,23,35H,1-3H3/t23-/m0/s1. The fourth-order valence-electron chi connectivity index (χ4n) is 4.99. The van der Waals surface area contributed by atoms with Crippen molar-refractivity contribution in [3.63, 3.8) is 0 Å². The molecule has 0 aliphatic carbocycles. The molecule has 4 aromatic carbocycles. The van der Waals surface area contributed by atoms with Gasteiger partial charge in [-0.2, -0.15) is 0 Å². The van der Waals surface area contributed by atoms with Crippen LogP contribution in [0.4, 0.5) is 5.82 Å². The lowest BCUT2D eigenvalue weighted by atomic mass is 10.1. The van der Waals surface area contributed by atoms with Crippen LogP contribution in [0.1, 0.15) is 29.7 Å². The minimum atomic E-state index is -4.29. The maximum Gasteiger partial charge on any atom is 0.263 e. The number of aromatic nitrogens is 3. The number of anilines is 1. The van der Waals surface area contributed by atoms with E-state index in [0.29, 0.717) is 11.0 Å². The average molecular weight is 597 g/mol. The van der Waals surface area contributed by atoms with Crippen molar-refractivity contribution in [2.75, 3.05) is 4.72 Å². The molecule has 0 unspecified atom stereocenters. The highest BCUT2D eigenvalue weighted by atomic mass is 32.2. The molecule has 10 heteroatoms. The van der Waals surface area contributed by atoms with Crippen LogP contribution in [-0.2, 0) is 19.9 Å². The summed E-state index contributed by atoms with van der Waals surface area (Å²) in [7, 11) is -8.51. The number of aryl methyl sites for hydroxylation is 2. The molecule has 0 saturated carbocycles. The van der Waals surface area contributed by atoms with Gasteiger partial charge in [0.05, 0.1) is 26.9 Å². The highest BCUT2D eigenvalue weighted by Crippen LogP contribution is 2.41. The first-order valence-corrected chi connectivity index (χ1v) is 16.3. The number of nitrogens with zero attached hydrogens (tertiary/aromatic N) is 3. The van der Waals surface area contributed by atoms with Gasteiger partial charge in [-0.15, -0.1) is 0 Å². The summed E-state index contributed by atoms with van der Waals surface area (Å²) in [6, 6.07) is 28.9. The SMILES string of the molecule is Cc1ccc(S(=O)(=O)Nc2c(S(=O)(=O)c3ccc(C)cc3)c3nc4ccccc4nc3n2[C@@H](C)c2ccccc2)cc1. The smallest absolute Gasteiger partial charge is 0.263 e. The first-order chi connectivity index (χ1) is 20.1. The third-order valence-electron chi connectivity index (χ3n) is 7.28. The van der Waals surface area contributed by atoms with Crippen LogP contribution in [0.5, 0.6) is 0 Å². The Morgan fingerprint density at radius 2 is 1.19 bits per heavy atom. The Labute approximate surface area is 244 Å². The highest BCUT2D eigenvalue weighted by molar-refractivity contribution is 7.93. The quantitative estimate of drug-likeness (QED) is 0.227. The van der Waals surface area contributed by atoms with Crippen LogP contribution in [0.15, 0.2) is 118 Å². The minimum absolute atomic E-state index is 0.00188. The summed E-state index contributed by atoms with van der Waals surface area (Å²) >= 11 is 0. The lowest BCUT2D eigenvalue weighted by Crippen LogP contribution is -2.20. The molecular formula is C32H28N4O4S2. The van der Waals surface area contributed by atoms with Gasteiger partial charge in [0.2, 0.25) is 9.84 Å². The molecule has 2 aromatic heterocycles. The van der Waals surface area contributed by atoms with Crippen molar-refractivity contribution in [3.05, 3.63) is 120 Å². The molecule has 0 aliphatic heterocycles. The maximum absolute atomic E-state index is 14.4. The number of sulfonamides is 1. The lowest BCUT2D eigenvalue weighted by molar-refractivity contribution is 0.595. The molecule has 2 heterocycles. The number of para-hydroxylation sites is 2. The normalized spacial score (nSPS) is 12.9. The van der Waals surface area contributed by atoms with Gasteiger partial charge in [-0.1, -0.05) is 77.9 Å². The zero-order valence-electron chi connectivity index (χ0n) is 23.2. The summed E-state index contributed by atoms with van der Waals surface area (Å²) in [6.45, 7) is 5.59. The first kappa shape index (κ1) is 27.6. The molecule has 0 fully saturated rings. The molecule has 212 valence electrons. The number of benzene rings is 4. The number of rotatable bonds is 7. The van der Waals surface area contributed by atoms with Crippen molar-refractivity contribution in [2.45, 2.75) is 41.5 Å². The summed E-state index contributed by atoms with van der Waals surface area (Å²) in [5, 5.41) is 0. The molecule has 42 heavy (non-hydrogen) atoms. The molecule has 0 radical (unpaired) electrons. The van der Waals surface area contributed by atoms with E-state index in [1.165, 1.54) is 24.3 Å².